The van der Waals surface area contributed by atoms with Gasteiger partial charge in [-0.25, -0.2) is 8.42 Å². The topological polar surface area (TPSA) is 92.8 Å². The average Bonchev–Trinajstić information content (AvgIpc) is 3.02. The summed E-state index contributed by atoms with van der Waals surface area (Å²) in [5.41, 5.74) is -0.386. The van der Waals surface area contributed by atoms with Crippen LogP contribution in [0.4, 0.5) is 0 Å². The Hall–Kier alpha value is -2.71. The molecule has 0 saturated carbocycles. The molecule has 1 saturated heterocycles. The van der Waals surface area contributed by atoms with Gasteiger partial charge in [-0.1, -0.05) is 18.2 Å². The van der Waals surface area contributed by atoms with Crippen molar-refractivity contribution in [3.63, 3.8) is 0 Å². The molecule has 4 rings (SSSR count). The first-order valence-electron chi connectivity index (χ1n) is 8.86. The molecule has 0 spiro atoms. The van der Waals surface area contributed by atoms with Gasteiger partial charge in [0.1, 0.15) is 5.75 Å². The summed E-state index contributed by atoms with van der Waals surface area (Å²) in [6, 6.07) is 12.1. The first-order valence-corrected chi connectivity index (χ1v) is 10.3. The number of ether oxygens (including phenoxy) is 1. The summed E-state index contributed by atoms with van der Waals surface area (Å²) in [5, 5.41) is 2.85. The highest BCUT2D eigenvalue weighted by Gasteiger charge is 2.54. The van der Waals surface area contributed by atoms with Crippen LogP contribution in [0, 0.1) is 5.41 Å². The molecular formula is C20H20N2O5S. The van der Waals surface area contributed by atoms with Crippen LogP contribution in [0.15, 0.2) is 53.4 Å². The monoisotopic (exact) mass is 400 g/mol. The van der Waals surface area contributed by atoms with E-state index in [1.807, 2.05) is 0 Å². The third kappa shape index (κ3) is 2.71. The molecule has 1 N–H and O–H groups in total. The van der Waals surface area contributed by atoms with Gasteiger partial charge >= 0.3 is 0 Å². The van der Waals surface area contributed by atoms with E-state index in [0.29, 0.717) is 16.9 Å². The second-order valence-electron chi connectivity index (χ2n) is 7.29. The van der Waals surface area contributed by atoms with Crippen LogP contribution in [-0.4, -0.2) is 50.7 Å². The van der Waals surface area contributed by atoms with E-state index in [2.05, 4.69) is 5.32 Å². The highest BCUT2D eigenvalue weighted by Crippen LogP contribution is 2.39. The Morgan fingerprint density at radius 3 is 2.36 bits per heavy atom. The molecule has 0 aromatic heterocycles. The van der Waals surface area contributed by atoms with Crippen molar-refractivity contribution in [2.45, 2.75) is 17.9 Å². The number of methoxy groups -OCH3 is 1. The number of hydrogen-bond acceptors (Lipinski definition) is 5. The van der Waals surface area contributed by atoms with Crippen LogP contribution >= 0.6 is 0 Å². The van der Waals surface area contributed by atoms with Crippen LogP contribution in [0.25, 0.3) is 0 Å². The van der Waals surface area contributed by atoms with Crippen molar-refractivity contribution in [3.8, 4) is 5.75 Å². The molecule has 2 aromatic rings. The number of nitrogens with one attached hydrogen (secondary N) is 1. The van der Waals surface area contributed by atoms with Gasteiger partial charge in [-0.15, -0.1) is 0 Å². The Bertz CT molecular complexity index is 1060. The smallest absolute Gasteiger partial charge is 0.252 e. The van der Waals surface area contributed by atoms with Crippen LogP contribution in [0.5, 0.6) is 5.75 Å². The SMILES string of the molecule is COc1ccc(S(=O)(=O)N2C[C@H]3NC(=O)c4ccccc4C(=O)[C@@]3(C)C2)cc1. The number of fused-ring (bicyclic) bond motifs is 2. The van der Waals surface area contributed by atoms with E-state index in [1.165, 1.54) is 23.5 Å². The standard InChI is InChI=1S/C20H20N2O5S/c1-20-12-22(28(25,26)14-9-7-13(27-2)8-10-14)11-17(20)21-19(24)16-6-4-3-5-15(16)18(20)23/h3-10,17H,11-12H2,1-2H3,(H,21,24)/t17-,20+/m1/s1. The highest BCUT2D eigenvalue weighted by atomic mass is 32.2. The third-order valence-corrected chi connectivity index (χ3v) is 7.42. The number of carbonyl (C=O) groups is 2. The fourth-order valence-electron chi connectivity index (χ4n) is 3.88. The zero-order valence-corrected chi connectivity index (χ0v) is 16.3. The fraction of sp³-hybridized carbons (Fsp3) is 0.300. The second kappa shape index (κ2) is 6.42. The van der Waals surface area contributed by atoms with Crippen LogP contribution in [0.1, 0.15) is 27.6 Å². The van der Waals surface area contributed by atoms with E-state index >= 15 is 0 Å². The average molecular weight is 400 g/mol. The number of nitrogens with zero attached hydrogens (tertiary/aromatic N) is 1. The van der Waals surface area contributed by atoms with E-state index in [0.717, 1.165) is 0 Å². The molecule has 0 aliphatic carbocycles. The predicted molar refractivity (Wildman–Crippen MR) is 102 cm³/mol. The lowest BCUT2D eigenvalue weighted by Crippen LogP contribution is -2.47. The summed E-state index contributed by atoms with van der Waals surface area (Å²) in [6.07, 6.45) is 0. The first kappa shape index (κ1) is 18.6. The number of hydrogen-bond donors (Lipinski definition) is 1. The molecule has 2 aliphatic heterocycles. The molecule has 8 heteroatoms. The maximum atomic E-state index is 13.2. The van der Waals surface area contributed by atoms with Gasteiger partial charge in [-0.3, -0.25) is 9.59 Å². The molecule has 2 aromatic carbocycles. The maximum Gasteiger partial charge on any atom is 0.252 e. The third-order valence-electron chi connectivity index (χ3n) is 5.60. The van der Waals surface area contributed by atoms with Gasteiger partial charge in [0.15, 0.2) is 5.78 Å². The Labute approximate surface area is 163 Å². The number of carbonyl (C=O) groups excluding carboxylic acids is 2. The second-order valence-corrected chi connectivity index (χ2v) is 9.23. The molecule has 1 amide bonds. The number of sulfonamides is 1. The van der Waals surface area contributed by atoms with Gasteiger partial charge in [0.2, 0.25) is 10.0 Å². The molecular weight excluding hydrogens is 380 g/mol. The first-order chi connectivity index (χ1) is 13.3. The zero-order chi connectivity index (χ0) is 20.1. The van der Waals surface area contributed by atoms with Crippen LogP contribution in [0.2, 0.25) is 0 Å². The van der Waals surface area contributed by atoms with Crippen LogP contribution in [-0.2, 0) is 10.0 Å². The molecule has 1 fully saturated rings. The van der Waals surface area contributed by atoms with Crippen molar-refractivity contribution in [1.82, 2.24) is 9.62 Å². The lowest BCUT2D eigenvalue weighted by molar-refractivity contribution is 0.0796. The van der Waals surface area contributed by atoms with Gasteiger partial charge in [0.25, 0.3) is 5.91 Å². The lowest BCUT2D eigenvalue weighted by Gasteiger charge is -2.26. The normalized spacial score (nSPS) is 24.9. The maximum absolute atomic E-state index is 13.2. The summed E-state index contributed by atoms with van der Waals surface area (Å²) in [7, 11) is -2.31. The summed E-state index contributed by atoms with van der Waals surface area (Å²) < 4.78 is 32.5. The minimum atomic E-state index is -3.82. The molecule has 2 aliphatic rings. The van der Waals surface area contributed by atoms with Gasteiger partial charge in [-0.2, -0.15) is 4.31 Å². The summed E-state index contributed by atoms with van der Waals surface area (Å²) in [6.45, 7) is 1.75. The van der Waals surface area contributed by atoms with Gasteiger partial charge in [-0.05, 0) is 37.3 Å². The van der Waals surface area contributed by atoms with Crippen LogP contribution < -0.4 is 10.1 Å². The van der Waals surface area contributed by atoms with Crippen molar-refractivity contribution in [2.24, 2.45) is 5.41 Å². The Morgan fingerprint density at radius 2 is 1.71 bits per heavy atom. The van der Waals surface area contributed by atoms with E-state index in [4.69, 9.17) is 4.74 Å². The molecule has 28 heavy (non-hydrogen) atoms. The van der Waals surface area contributed by atoms with Crippen LogP contribution in [0.3, 0.4) is 0 Å². The predicted octanol–water partition coefficient (Wildman–Crippen LogP) is 1.70. The summed E-state index contributed by atoms with van der Waals surface area (Å²) in [4.78, 5) is 26.0. The number of ketones is 1. The molecule has 2 heterocycles. The molecule has 2 atom stereocenters. The van der Waals surface area contributed by atoms with E-state index in [1.54, 1.807) is 43.3 Å². The number of rotatable bonds is 3. The van der Waals surface area contributed by atoms with Crippen molar-refractivity contribution in [2.75, 3.05) is 20.2 Å². The van der Waals surface area contributed by atoms with Gasteiger partial charge in [0.05, 0.1) is 29.0 Å². The highest BCUT2D eigenvalue weighted by molar-refractivity contribution is 7.89. The number of benzene rings is 2. The minimum Gasteiger partial charge on any atom is -0.497 e. The van der Waals surface area contributed by atoms with E-state index < -0.39 is 21.5 Å². The van der Waals surface area contributed by atoms with Crippen molar-refractivity contribution in [3.05, 3.63) is 59.7 Å². The van der Waals surface area contributed by atoms with Crippen molar-refractivity contribution < 1.29 is 22.7 Å². The van der Waals surface area contributed by atoms with Crippen molar-refractivity contribution in [1.29, 1.82) is 0 Å². The van der Waals surface area contributed by atoms with E-state index in [9.17, 15) is 18.0 Å². The zero-order valence-electron chi connectivity index (χ0n) is 15.5. The molecule has 7 nitrogen and oxygen atoms in total. The van der Waals surface area contributed by atoms with Gasteiger partial charge in [0, 0.05) is 18.7 Å². The Balaban J connectivity index is 1.70. The van der Waals surface area contributed by atoms with Gasteiger partial charge < -0.3 is 10.1 Å². The van der Waals surface area contributed by atoms with Crippen molar-refractivity contribution >= 4 is 21.7 Å². The number of amides is 1. The lowest BCUT2D eigenvalue weighted by atomic mass is 9.78. The quantitative estimate of drug-likeness (QED) is 0.847. The summed E-state index contributed by atoms with van der Waals surface area (Å²) in [5.74, 6) is -0.0307. The molecule has 0 unspecified atom stereocenters. The number of Topliss-reactive ketones (excluding diaryl/α,β-unsaturated/α-hetero) is 1. The Morgan fingerprint density at radius 1 is 1.07 bits per heavy atom. The molecule has 0 bridgehead atoms. The fourth-order valence-corrected chi connectivity index (χ4v) is 5.45. The molecule has 0 radical (unpaired) electrons. The Kier molecular flexibility index (Phi) is 4.28. The largest absolute Gasteiger partial charge is 0.497 e. The molecule has 146 valence electrons. The minimum absolute atomic E-state index is 0.000519. The summed E-state index contributed by atoms with van der Waals surface area (Å²) >= 11 is 0. The van der Waals surface area contributed by atoms with E-state index in [-0.39, 0.29) is 29.7 Å².